The maximum atomic E-state index is 13.6. The molecule has 0 radical (unpaired) electrons. The van der Waals surface area contributed by atoms with Crippen LogP contribution in [0.3, 0.4) is 0 Å². The van der Waals surface area contributed by atoms with Crippen LogP contribution in [-0.4, -0.2) is 48.6 Å². The summed E-state index contributed by atoms with van der Waals surface area (Å²) in [5, 5.41) is 11.6. The van der Waals surface area contributed by atoms with Crippen molar-refractivity contribution < 1.29 is 18.7 Å². The molecule has 0 aliphatic carbocycles. The Hall–Kier alpha value is -2.67. The van der Waals surface area contributed by atoms with Crippen LogP contribution in [0.5, 0.6) is 5.75 Å². The van der Waals surface area contributed by atoms with Crippen LogP contribution in [-0.2, 0) is 4.79 Å². The third-order valence-electron chi connectivity index (χ3n) is 4.18. The van der Waals surface area contributed by atoms with Crippen molar-refractivity contribution in [3.63, 3.8) is 0 Å². The van der Waals surface area contributed by atoms with Crippen LogP contribution >= 0.6 is 0 Å². The normalized spacial score (nSPS) is 15.2. The second-order valence-corrected chi connectivity index (χ2v) is 5.92. The number of phenols is 1. The fraction of sp³-hybridized carbons (Fsp3) is 0.278. The van der Waals surface area contributed by atoms with Crippen LogP contribution in [0.25, 0.3) is 0 Å². The number of piperazine rings is 1. The summed E-state index contributed by atoms with van der Waals surface area (Å²) in [6.45, 7) is 2.86. The summed E-state index contributed by atoms with van der Waals surface area (Å²) in [7, 11) is 0. The third kappa shape index (κ3) is 4.24. The summed E-state index contributed by atoms with van der Waals surface area (Å²) >= 11 is 0. The van der Waals surface area contributed by atoms with E-state index in [-0.39, 0.29) is 12.3 Å². The lowest BCUT2D eigenvalue weighted by atomic mass is 10.2. The minimum atomic E-state index is -0.787. The number of hydrogen-bond acceptors (Lipinski definition) is 4. The van der Waals surface area contributed by atoms with E-state index in [9.17, 15) is 18.7 Å². The molecule has 0 spiro atoms. The van der Waals surface area contributed by atoms with Gasteiger partial charge in [0, 0.05) is 31.9 Å². The van der Waals surface area contributed by atoms with Gasteiger partial charge >= 0.3 is 0 Å². The number of nitrogens with zero attached hydrogens (tertiary/aromatic N) is 2. The molecule has 25 heavy (non-hydrogen) atoms. The largest absolute Gasteiger partial charge is 0.508 e. The lowest BCUT2D eigenvalue weighted by molar-refractivity contribution is -0.117. The Labute approximate surface area is 144 Å². The van der Waals surface area contributed by atoms with E-state index in [1.807, 2.05) is 17.0 Å². The second-order valence-electron chi connectivity index (χ2n) is 5.92. The van der Waals surface area contributed by atoms with Gasteiger partial charge in [0.15, 0.2) is 0 Å². The van der Waals surface area contributed by atoms with Gasteiger partial charge in [-0.3, -0.25) is 9.69 Å². The van der Waals surface area contributed by atoms with Crippen LogP contribution < -0.4 is 10.2 Å². The minimum Gasteiger partial charge on any atom is -0.508 e. The number of nitrogens with one attached hydrogen (secondary N) is 1. The zero-order valence-electron chi connectivity index (χ0n) is 13.6. The van der Waals surface area contributed by atoms with Crippen molar-refractivity contribution in [1.82, 2.24) is 4.90 Å². The molecular weight excluding hydrogens is 328 g/mol. The van der Waals surface area contributed by atoms with Gasteiger partial charge in [0.05, 0.1) is 6.54 Å². The van der Waals surface area contributed by atoms with Crippen LogP contribution in [0, 0.1) is 11.6 Å². The summed E-state index contributed by atoms with van der Waals surface area (Å²) in [5.41, 5.74) is 0.602. The second kappa shape index (κ2) is 7.48. The van der Waals surface area contributed by atoms with Gasteiger partial charge in [-0.2, -0.15) is 0 Å². The van der Waals surface area contributed by atoms with Gasteiger partial charge in [-0.25, -0.2) is 8.78 Å². The molecule has 1 saturated heterocycles. The quantitative estimate of drug-likeness (QED) is 0.892. The lowest BCUT2D eigenvalue weighted by Gasteiger charge is -2.35. The number of para-hydroxylation sites is 1. The smallest absolute Gasteiger partial charge is 0.238 e. The van der Waals surface area contributed by atoms with E-state index >= 15 is 0 Å². The van der Waals surface area contributed by atoms with Gasteiger partial charge in [-0.1, -0.05) is 6.07 Å². The number of rotatable bonds is 4. The van der Waals surface area contributed by atoms with Crippen molar-refractivity contribution in [2.75, 3.05) is 42.9 Å². The molecule has 5 nitrogen and oxygen atoms in total. The topological polar surface area (TPSA) is 55.8 Å². The van der Waals surface area contributed by atoms with Gasteiger partial charge in [0.2, 0.25) is 5.91 Å². The van der Waals surface area contributed by atoms with E-state index in [2.05, 4.69) is 10.2 Å². The molecule has 132 valence electrons. The van der Waals surface area contributed by atoms with Crippen LogP contribution in [0.2, 0.25) is 0 Å². The standard InChI is InChI=1S/C18H19F2N3O2/c19-15-2-1-3-16(20)18(15)21-17(25)12-22-8-10-23(11-9-22)13-4-6-14(24)7-5-13/h1-7,24H,8-12H2,(H,21,25). The summed E-state index contributed by atoms with van der Waals surface area (Å²) < 4.78 is 27.1. The highest BCUT2D eigenvalue weighted by Gasteiger charge is 2.20. The fourth-order valence-corrected chi connectivity index (χ4v) is 2.83. The molecule has 7 heteroatoms. The first-order valence-corrected chi connectivity index (χ1v) is 8.03. The minimum absolute atomic E-state index is 0.0805. The SMILES string of the molecule is O=C(CN1CCN(c2ccc(O)cc2)CC1)Nc1c(F)cccc1F. The molecule has 2 aromatic rings. The van der Waals surface area contributed by atoms with Gasteiger partial charge in [0.25, 0.3) is 0 Å². The number of carbonyl (C=O) groups excluding carboxylic acids is 1. The summed E-state index contributed by atoms with van der Waals surface area (Å²) in [4.78, 5) is 16.1. The van der Waals surface area contributed by atoms with Crippen LogP contribution in [0.4, 0.5) is 20.2 Å². The van der Waals surface area contributed by atoms with E-state index in [1.54, 1.807) is 12.1 Å². The van der Waals surface area contributed by atoms with Crippen molar-refractivity contribution in [2.45, 2.75) is 0 Å². The maximum absolute atomic E-state index is 13.6. The van der Waals surface area contributed by atoms with Crippen molar-refractivity contribution >= 4 is 17.3 Å². The number of benzene rings is 2. The number of aromatic hydroxyl groups is 1. The average molecular weight is 347 g/mol. The predicted molar refractivity (Wildman–Crippen MR) is 91.7 cm³/mol. The van der Waals surface area contributed by atoms with E-state index in [1.165, 1.54) is 6.07 Å². The predicted octanol–water partition coefficient (Wildman–Crippen LogP) is 2.43. The Bertz CT molecular complexity index is 724. The molecular formula is C18H19F2N3O2. The monoisotopic (exact) mass is 347 g/mol. The fourth-order valence-electron chi connectivity index (χ4n) is 2.83. The van der Waals surface area contributed by atoms with Crippen molar-refractivity contribution in [1.29, 1.82) is 0 Å². The first kappa shape index (κ1) is 17.2. The van der Waals surface area contributed by atoms with E-state index < -0.39 is 23.2 Å². The Morgan fingerprint density at radius 2 is 1.60 bits per heavy atom. The molecule has 1 aliphatic heterocycles. The number of carbonyl (C=O) groups is 1. The number of halogens is 2. The van der Waals surface area contributed by atoms with Crippen molar-refractivity contribution in [2.24, 2.45) is 0 Å². The molecule has 0 bridgehead atoms. The molecule has 1 fully saturated rings. The van der Waals surface area contributed by atoms with Gasteiger partial charge in [-0.15, -0.1) is 0 Å². The molecule has 0 saturated carbocycles. The third-order valence-corrected chi connectivity index (χ3v) is 4.18. The van der Waals surface area contributed by atoms with Crippen molar-refractivity contribution in [3.8, 4) is 5.75 Å². The lowest BCUT2D eigenvalue weighted by Crippen LogP contribution is -2.48. The average Bonchev–Trinajstić information content (AvgIpc) is 2.60. The van der Waals surface area contributed by atoms with Crippen LogP contribution in [0.15, 0.2) is 42.5 Å². The zero-order chi connectivity index (χ0) is 17.8. The van der Waals surface area contributed by atoms with Gasteiger partial charge in [-0.05, 0) is 36.4 Å². The molecule has 2 N–H and O–H groups in total. The summed E-state index contributed by atoms with van der Waals surface area (Å²) in [6.07, 6.45) is 0. The zero-order valence-corrected chi connectivity index (χ0v) is 13.6. The Kier molecular flexibility index (Phi) is 5.14. The Morgan fingerprint density at radius 3 is 2.20 bits per heavy atom. The molecule has 1 heterocycles. The molecule has 2 aromatic carbocycles. The summed E-state index contributed by atoms with van der Waals surface area (Å²) in [5.74, 6) is -1.79. The highest BCUT2D eigenvalue weighted by Crippen LogP contribution is 2.20. The molecule has 3 rings (SSSR count). The maximum Gasteiger partial charge on any atom is 0.238 e. The number of hydrogen-bond donors (Lipinski definition) is 2. The first-order chi connectivity index (χ1) is 12.0. The summed E-state index contributed by atoms with van der Waals surface area (Å²) in [6, 6.07) is 10.4. The van der Waals surface area contributed by atoms with Crippen molar-refractivity contribution in [3.05, 3.63) is 54.1 Å². The highest BCUT2D eigenvalue weighted by atomic mass is 19.1. The van der Waals surface area contributed by atoms with Gasteiger partial charge < -0.3 is 15.3 Å². The first-order valence-electron chi connectivity index (χ1n) is 8.03. The molecule has 1 amide bonds. The highest BCUT2D eigenvalue weighted by molar-refractivity contribution is 5.92. The molecule has 1 aliphatic rings. The number of amides is 1. The Morgan fingerprint density at radius 1 is 1.00 bits per heavy atom. The number of phenolic OH excluding ortho intramolecular Hbond substituents is 1. The number of anilines is 2. The van der Waals surface area contributed by atoms with Crippen LogP contribution in [0.1, 0.15) is 0 Å². The molecule has 0 unspecified atom stereocenters. The van der Waals surface area contributed by atoms with Gasteiger partial charge in [0.1, 0.15) is 23.1 Å². The molecule has 0 atom stereocenters. The Balaban J connectivity index is 1.52. The van der Waals surface area contributed by atoms with E-state index in [0.29, 0.717) is 13.1 Å². The van der Waals surface area contributed by atoms with E-state index in [0.717, 1.165) is 30.9 Å². The van der Waals surface area contributed by atoms with E-state index in [4.69, 9.17) is 0 Å². The molecule has 0 aromatic heterocycles.